The van der Waals surface area contributed by atoms with Crippen LogP contribution in [0, 0.1) is 10.1 Å². The van der Waals surface area contributed by atoms with Gasteiger partial charge in [-0.1, -0.05) is 30.3 Å². The topological polar surface area (TPSA) is 85.4 Å². The molecule has 0 spiro atoms. The van der Waals surface area contributed by atoms with Gasteiger partial charge in [0.1, 0.15) is 10.7 Å². The van der Waals surface area contributed by atoms with Gasteiger partial charge in [0, 0.05) is 24.1 Å². The molecule has 0 bridgehead atoms. The van der Waals surface area contributed by atoms with Gasteiger partial charge in [-0.2, -0.15) is 11.8 Å². The van der Waals surface area contributed by atoms with Crippen molar-refractivity contribution < 1.29 is 14.1 Å². The molecule has 1 N–H and O–H groups in total. The highest BCUT2D eigenvalue weighted by Gasteiger charge is 2.09. The molecule has 23 heavy (non-hydrogen) atoms. The van der Waals surface area contributed by atoms with Crippen molar-refractivity contribution in [1.29, 1.82) is 0 Å². The second kappa shape index (κ2) is 8.79. The third-order valence-electron chi connectivity index (χ3n) is 2.85. The van der Waals surface area contributed by atoms with Gasteiger partial charge in [-0.05, 0) is 17.7 Å². The highest BCUT2D eigenvalue weighted by molar-refractivity contribution is 7.98. The van der Waals surface area contributed by atoms with Crippen molar-refractivity contribution >= 4 is 29.6 Å². The Hall–Kier alpha value is -2.54. The molecule has 120 valence electrons. The first kappa shape index (κ1) is 16.8. The second-order valence-corrected chi connectivity index (χ2v) is 5.70. The summed E-state index contributed by atoms with van der Waals surface area (Å²) in [4.78, 5) is 21.4. The molecule has 0 aliphatic carbocycles. The molecule has 1 amide bonds. The lowest BCUT2D eigenvalue weighted by Crippen LogP contribution is -2.23. The summed E-state index contributed by atoms with van der Waals surface area (Å²) < 4.78 is 4.92. The Morgan fingerprint density at radius 3 is 2.74 bits per heavy atom. The fraction of sp³-hybridized carbons (Fsp3) is 0.188. The van der Waals surface area contributed by atoms with Crippen LogP contribution in [-0.4, -0.2) is 23.1 Å². The standard InChI is InChI=1S/C16H16N2O4S/c19-15(8-6-14-7-9-16(22-14)18(20)21)17-10-11-23-12-13-4-2-1-3-5-13/h1-9H,10-12H2,(H,17,19)/b8-6+. The lowest BCUT2D eigenvalue weighted by atomic mass is 10.2. The average molecular weight is 332 g/mol. The summed E-state index contributed by atoms with van der Waals surface area (Å²) in [6.07, 6.45) is 2.70. The predicted molar refractivity (Wildman–Crippen MR) is 90.0 cm³/mol. The number of amides is 1. The van der Waals surface area contributed by atoms with Crippen molar-refractivity contribution in [2.45, 2.75) is 5.75 Å². The molecule has 0 saturated carbocycles. The normalized spacial score (nSPS) is 10.8. The molecule has 6 nitrogen and oxygen atoms in total. The van der Waals surface area contributed by atoms with Crippen LogP contribution in [0.25, 0.3) is 6.08 Å². The molecule has 0 unspecified atom stereocenters. The summed E-state index contributed by atoms with van der Waals surface area (Å²) in [7, 11) is 0. The number of carbonyl (C=O) groups excluding carboxylic acids is 1. The Bertz CT molecular complexity index is 682. The van der Waals surface area contributed by atoms with Gasteiger partial charge < -0.3 is 9.73 Å². The monoisotopic (exact) mass is 332 g/mol. The molecule has 2 rings (SSSR count). The van der Waals surface area contributed by atoms with Crippen LogP contribution >= 0.6 is 11.8 Å². The molecule has 0 atom stereocenters. The number of hydrogen-bond acceptors (Lipinski definition) is 5. The van der Waals surface area contributed by atoms with Gasteiger partial charge in [0.25, 0.3) is 0 Å². The zero-order chi connectivity index (χ0) is 16.5. The molecule has 0 fully saturated rings. The van der Waals surface area contributed by atoms with Gasteiger partial charge in [-0.3, -0.25) is 14.9 Å². The zero-order valence-electron chi connectivity index (χ0n) is 12.3. The van der Waals surface area contributed by atoms with Crippen molar-refractivity contribution in [3.63, 3.8) is 0 Å². The van der Waals surface area contributed by atoms with E-state index in [1.54, 1.807) is 11.8 Å². The number of carbonyl (C=O) groups is 1. The van der Waals surface area contributed by atoms with Crippen LogP contribution in [0.1, 0.15) is 11.3 Å². The molecule has 1 aromatic heterocycles. The zero-order valence-corrected chi connectivity index (χ0v) is 13.1. The number of nitro groups is 1. The summed E-state index contributed by atoms with van der Waals surface area (Å²) in [6, 6.07) is 12.8. The minimum Gasteiger partial charge on any atom is -0.401 e. The van der Waals surface area contributed by atoms with Crippen LogP contribution in [0.15, 0.2) is 53.0 Å². The SMILES string of the molecule is O=C(/C=C/c1ccc([N+](=O)[O-])o1)NCCSCc1ccccc1. The minimum atomic E-state index is -0.624. The number of thioether (sulfide) groups is 1. The molecule has 0 aliphatic heterocycles. The Kier molecular flexibility index (Phi) is 6.43. The van der Waals surface area contributed by atoms with E-state index in [-0.39, 0.29) is 17.6 Å². The summed E-state index contributed by atoms with van der Waals surface area (Å²) in [5.41, 5.74) is 1.25. The van der Waals surface area contributed by atoms with Crippen LogP contribution in [-0.2, 0) is 10.5 Å². The van der Waals surface area contributed by atoms with E-state index in [1.165, 1.54) is 29.8 Å². The highest BCUT2D eigenvalue weighted by atomic mass is 32.2. The van der Waals surface area contributed by atoms with E-state index < -0.39 is 4.92 Å². The third-order valence-corrected chi connectivity index (χ3v) is 3.88. The fourth-order valence-electron chi connectivity index (χ4n) is 1.76. The van der Waals surface area contributed by atoms with Crippen LogP contribution in [0.3, 0.4) is 0 Å². The van der Waals surface area contributed by atoms with E-state index in [0.29, 0.717) is 6.54 Å². The van der Waals surface area contributed by atoms with Crippen LogP contribution in [0.5, 0.6) is 0 Å². The number of hydrogen-bond donors (Lipinski definition) is 1. The lowest BCUT2D eigenvalue weighted by Gasteiger charge is -2.03. The van der Waals surface area contributed by atoms with Gasteiger partial charge >= 0.3 is 5.88 Å². The molecule has 2 aromatic rings. The quantitative estimate of drug-likeness (QED) is 0.347. The Labute approximate surface area is 137 Å². The Morgan fingerprint density at radius 1 is 1.26 bits per heavy atom. The van der Waals surface area contributed by atoms with E-state index in [0.717, 1.165) is 11.5 Å². The maximum atomic E-state index is 11.6. The van der Waals surface area contributed by atoms with Crippen molar-refractivity contribution in [2.75, 3.05) is 12.3 Å². The molecule has 7 heteroatoms. The van der Waals surface area contributed by atoms with Crippen molar-refractivity contribution in [1.82, 2.24) is 5.32 Å². The first-order chi connectivity index (χ1) is 11.1. The predicted octanol–water partition coefficient (Wildman–Crippen LogP) is 3.25. The first-order valence-corrected chi connectivity index (χ1v) is 8.12. The van der Waals surface area contributed by atoms with E-state index >= 15 is 0 Å². The Balaban J connectivity index is 1.64. The summed E-state index contributed by atoms with van der Waals surface area (Å²) in [6.45, 7) is 0.555. The van der Waals surface area contributed by atoms with Gasteiger partial charge in [-0.15, -0.1) is 0 Å². The van der Waals surface area contributed by atoms with E-state index in [9.17, 15) is 14.9 Å². The van der Waals surface area contributed by atoms with Crippen molar-refractivity contribution in [3.05, 3.63) is 70.0 Å². The Morgan fingerprint density at radius 2 is 2.04 bits per heavy atom. The number of benzene rings is 1. The highest BCUT2D eigenvalue weighted by Crippen LogP contribution is 2.16. The second-order valence-electron chi connectivity index (χ2n) is 4.60. The largest absolute Gasteiger partial charge is 0.433 e. The minimum absolute atomic E-state index is 0.260. The number of furan rings is 1. The molecule has 0 saturated heterocycles. The molecule has 1 heterocycles. The van der Waals surface area contributed by atoms with Crippen molar-refractivity contribution in [2.24, 2.45) is 0 Å². The number of rotatable bonds is 8. The van der Waals surface area contributed by atoms with E-state index in [2.05, 4.69) is 17.4 Å². The van der Waals surface area contributed by atoms with E-state index in [1.807, 2.05) is 18.2 Å². The maximum Gasteiger partial charge on any atom is 0.433 e. The molecule has 1 aromatic carbocycles. The fourth-order valence-corrected chi connectivity index (χ4v) is 2.58. The van der Waals surface area contributed by atoms with E-state index in [4.69, 9.17) is 4.42 Å². The number of nitrogens with zero attached hydrogens (tertiary/aromatic N) is 1. The van der Waals surface area contributed by atoms with Gasteiger partial charge in [0.15, 0.2) is 0 Å². The smallest absolute Gasteiger partial charge is 0.401 e. The number of nitrogens with one attached hydrogen (secondary N) is 1. The summed E-state index contributed by atoms with van der Waals surface area (Å²) >= 11 is 1.74. The molecule has 0 radical (unpaired) electrons. The van der Waals surface area contributed by atoms with Crippen LogP contribution in [0.4, 0.5) is 5.88 Å². The maximum absolute atomic E-state index is 11.6. The van der Waals surface area contributed by atoms with Crippen molar-refractivity contribution in [3.8, 4) is 0 Å². The van der Waals surface area contributed by atoms with Crippen LogP contribution in [0.2, 0.25) is 0 Å². The third kappa shape index (κ3) is 5.99. The van der Waals surface area contributed by atoms with Crippen LogP contribution < -0.4 is 5.32 Å². The first-order valence-electron chi connectivity index (χ1n) is 6.97. The van der Waals surface area contributed by atoms with Gasteiger partial charge in [0.05, 0.1) is 6.07 Å². The van der Waals surface area contributed by atoms with Gasteiger partial charge in [0.2, 0.25) is 5.91 Å². The molecule has 0 aliphatic rings. The summed E-state index contributed by atoms with van der Waals surface area (Å²) in [5.74, 6) is 1.38. The molecular formula is C16H16N2O4S. The molecular weight excluding hydrogens is 316 g/mol. The summed E-state index contributed by atoms with van der Waals surface area (Å²) in [5, 5.41) is 13.2. The van der Waals surface area contributed by atoms with Gasteiger partial charge in [-0.25, -0.2) is 0 Å². The lowest BCUT2D eigenvalue weighted by molar-refractivity contribution is -0.402. The average Bonchev–Trinajstić information content (AvgIpc) is 3.03.